The van der Waals surface area contributed by atoms with Crippen LogP contribution >= 0.6 is 0 Å². The highest BCUT2D eigenvalue weighted by molar-refractivity contribution is 5.90. The lowest BCUT2D eigenvalue weighted by molar-refractivity contribution is 0.350. The fraction of sp³-hybridized carbons (Fsp3) is 0.154. The zero-order chi connectivity index (χ0) is 21.5. The maximum Gasteiger partial charge on any atom is 0.164 e. The van der Waals surface area contributed by atoms with E-state index in [1.807, 2.05) is 48.5 Å². The van der Waals surface area contributed by atoms with Gasteiger partial charge in [0.05, 0.1) is 21.3 Å². The molecule has 0 radical (unpaired) electrons. The number of ether oxygens (including phenoxy) is 4. The van der Waals surface area contributed by atoms with E-state index in [0.717, 1.165) is 27.6 Å². The van der Waals surface area contributed by atoms with E-state index in [1.165, 1.54) is 0 Å². The molecular weight excluding hydrogens is 392 g/mol. The van der Waals surface area contributed by atoms with Crippen LogP contribution in [0.4, 0.5) is 0 Å². The third-order valence-electron chi connectivity index (χ3n) is 5.81. The summed E-state index contributed by atoms with van der Waals surface area (Å²) >= 11 is 0. The Morgan fingerprint density at radius 2 is 1.52 bits per heavy atom. The lowest BCUT2D eigenvalue weighted by atomic mass is 9.80. The summed E-state index contributed by atoms with van der Waals surface area (Å²) in [5.41, 5.74) is 2.65. The van der Waals surface area contributed by atoms with Crippen LogP contribution in [0.5, 0.6) is 34.5 Å². The van der Waals surface area contributed by atoms with Crippen LogP contribution < -0.4 is 18.9 Å². The number of rotatable bonds is 4. The molecule has 4 aromatic carbocycles. The zero-order valence-electron chi connectivity index (χ0n) is 17.5. The monoisotopic (exact) mass is 414 g/mol. The fourth-order valence-corrected chi connectivity index (χ4v) is 4.34. The van der Waals surface area contributed by atoms with Gasteiger partial charge in [0.15, 0.2) is 11.5 Å². The predicted molar refractivity (Wildman–Crippen MR) is 119 cm³/mol. The van der Waals surface area contributed by atoms with Gasteiger partial charge in [-0.15, -0.1) is 0 Å². The molecule has 1 aliphatic heterocycles. The van der Waals surface area contributed by atoms with E-state index in [-0.39, 0.29) is 11.7 Å². The standard InChI is InChI=1S/C26H22O5/c1-28-16-9-10-18-22(12-16)31-21-11-8-15-6-4-5-7-17(15)26(21)25(18)19-13-23(29-2)24(30-3)14-20(19)27/h4-14,25,27H,1-3H3. The summed E-state index contributed by atoms with van der Waals surface area (Å²) in [7, 11) is 4.77. The Labute approximate surface area is 180 Å². The lowest BCUT2D eigenvalue weighted by Gasteiger charge is -2.31. The molecule has 0 fully saturated rings. The second-order valence-electron chi connectivity index (χ2n) is 7.40. The van der Waals surface area contributed by atoms with Crippen LogP contribution in [0.25, 0.3) is 10.8 Å². The highest BCUT2D eigenvalue weighted by Gasteiger charge is 2.33. The number of benzene rings is 4. The van der Waals surface area contributed by atoms with Crippen LogP contribution in [-0.4, -0.2) is 26.4 Å². The number of phenols is 1. The van der Waals surface area contributed by atoms with E-state index in [1.54, 1.807) is 27.4 Å². The maximum atomic E-state index is 11.0. The minimum atomic E-state index is -0.268. The highest BCUT2D eigenvalue weighted by atomic mass is 16.5. The predicted octanol–water partition coefficient (Wildman–Crippen LogP) is 5.86. The van der Waals surface area contributed by atoms with Crippen molar-refractivity contribution in [3.05, 3.63) is 83.4 Å². The van der Waals surface area contributed by atoms with Crippen LogP contribution in [0.3, 0.4) is 0 Å². The SMILES string of the molecule is COc1ccc2c(c1)Oc1ccc3ccccc3c1C2c1cc(OC)c(OC)cc1O. The summed E-state index contributed by atoms with van der Waals surface area (Å²) in [6, 6.07) is 21.4. The largest absolute Gasteiger partial charge is 0.507 e. The van der Waals surface area contributed by atoms with Gasteiger partial charge in [0.25, 0.3) is 0 Å². The number of hydrogen-bond donors (Lipinski definition) is 1. The van der Waals surface area contributed by atoms with E-state index < -0.39 is 0 Å². The summed E-state index contributed by atoms with van der Waals surface area (Å²) in [5, 5.41) is 13.2. The van der Waals surface area contributed by atoms with E-state index >= 15 is 0 Å². The van der Waals surface area contributed by atoms with Gasteiger partial charge >= 0.3 is 0 Å². The fourth-order valence-electron chi connectivity index (χ4n) is 4.34. The number of methoxy groups -OCH3 is 3. The first kappa shape index (κ1) is 19.1. The third-order valence-corrected chi connectivity index (χ3v) is 5.81. The van der Waals surface area contributed by atoms with E-state index in [2.05, 4.69) is 12.1 Å². The van der Waals surface area contributed by atoms with Crippen molar-refractivity contribution in [2.75, 3.05) is 21.3 Å². The van der Waals surface area contributed by atoms with Gasteiger partial charge in [0.2, 0.25) is 0 Å². The first-order chi connectivity index (χ1) is 15.1. The second-order valence-corrected chi connectivity index (χ2v) is 7.40. The normalized spacial score (nSPS) is 14.4. The molecule has 1 N–H and O–H groups in total. The molecule has 1 unspecified atom stereocenters. The van der Waals surface area contributed by atoms with Crippen molar-refractivity contribution in [1.29, 1.82) is 0 Å². The Hall–Kier alpha value is -3.86. The second kappa shape index (κ2) is 7.43. The summed E-state index contributed by atoms with van der Waals surface area (Å²) in [6.45, 7) is 0. The molecule has 0 amide bonds. The third kappa shape index (κ3) is 3.01. The lowest BCUT2D eigenvalue weighted by Crippen LogP contribution is -2.13. The van der Waals surface area contributed by atoms with Crippen molar-refractivity contribution in [2.24, 2.45) is 0 Å². The first-order valence-corrected chi connectivity index (χ1v) is 9.97. The quantitative estimate of drug-likeness (QED) is 0.399. The van der Waals surface area contributed by atoms with Crippen molar-refractivity contribution in [1.82, 2.24) is 0 Å². The summed E-state index contributed by atoms with van der Waals surface area (Å²) in [5.74, 6) is 3.04. The molecule has 0 spiro atoms. The molecule has 5 nitrogen and oxygen atoms in total. The molecule has 0 aromatic heterocycles. The molecule has 1 heterocycles. The molecule has 5 rings (SSSR count). The topological polar surface area (TPSA) is 57.2 Å². The van der Waals surface area contributed by atoms with E-state index in [9.17, 15) is 5.11 Å². The maximum absolute atomic E-state index is 11.0. The van der Waals surface area contributed by atoms with Crippen LogP contribution in [-0.2, 0) is 0 Å². The Morgan fingerprint density at radius 3 is 2.29 bits per heavy atom. The van der Waals surface area contributed by atoms with Crippen LogP contribution in [0.2, 0.25) is 0 Å². The Morgan fingerprint density at radius 1 is 0.742 bits per heavy atom. The number of phenolic OH excluding ortho intramolecular Hbond substituents is 1. The van der Waals surface area contributed by atoms with Gasteiger partial charge in [-0.2, -0.15) is 0 Å². The Balaban J connectivity index is 1.84. The molecule has 4 aromatic rings. The molecule has 0 saturated heterocycles. The summed E-state index contributed by atoms with van der Waals surface area (Å²) in [6.07, 6.45) is 0. The van der Waals surface area contributed by atoms with Gasteiger partial charge in [-0.3, -0.25) is 0 Å². The number of hydrogen-bond acceptors (Lipinski definition) is 5. The minimum Gasteiger partial charge on any atom is -0.507 e. The first-order valence-electron chi connectivity index (χ1n) is 9.97. The summed E-state index contributed by atoms with van der Waals surface area (Å²) in [4.78, 5) is 0. The highest BCUT2D eigenvalue weighted by Crippen LogP contribution is 2.53. The molecule has 1 atom stereocenters. The smallest absolute Gasteiger partial charge is 0.164 e. The average Bonchev–Trinajstić information content (AvgIpc) is 2.82. The Kier molecular flexibility index (Phi) is 4.59. The zero-order valence-corrected chi connectivity index (χ0v) is 17.5. The van der Waals surface area contributed by atoms with Crippen molar-refractivity contribution in [3.63, 3.8) is 0 Å². The molecule has 31 heavy (non-hydrogen) atoms. The van der Waals surface area contributed by atoms with Crippen LogP contribution in [0.1, 0.15) is 22.6 Å². The number of fused-ring (bicyclic) bond motifs is 4. The van der Waals surface area contributed by atoms with Crippen molar-refractivity contribution in [3.8, 4) is 34.5 Å². The van der Waals surface area contributed by atoms with Gasteiger partial charge in [0, 0.05) is 34.7 Å². The Bertz CT molecular complexity index is 1290. The molecule has 0 aliphatic carbocycles. The van der Waals surface area contributed by atoms with Gasteiger partial charge in [-0.1, -0.05) is 36.4 Å². The van der Waals surface area contributed by atoms with Gasteiger partial charge < -0.3 is 24.1 Å². The molecule has 0 saturated carbocycles. The van der Waals surface area contributed by atoms with E-state index in [4.69, 9.17) is 18.9 Å². The average molecular weight is 414 g/mol. The van der Waals surface area contributed by atoms with Gasteiger partial charge in [-0.05, 0) is 29.0 Å². The molecule has 0 bridgehead atoms. The van der Waals surface area contributed by atoms with E-state index in [0.29, 0.717) is 28.6 Å². The van der Waals surface area contributed by atoms with Crippen LogP contribution in [0, 0.1) is 0 Å². The van der Waals surface area contributed by atoms with Crippen LogP contribution in [0.15, 0.2) is 66.7 Å². The van der Waals surface area contributed by atoms with Crippen molar-refractivity contribution >= 4 is 10.8 Å². The molecule has 5 heteroatoms. The van der Waals surface area contributed by atoms with Crippen molar-refractivity contribution < 1.29 is 24.1 Å². The number of aromatic hydroxyl groups is 1. The van der Waals surface area contributed by atoms with Gasteiger partial charge in [0.1, 0.15) is 23.0 Å². The molecule has 1 aliphatic rings. The minimum absolute atomic E-state index is 0.130. The molecule has 156 valence electrons. The molecular formula is C26H22O5. The van der Waals surface area contributed by atoms with Crippen molar-refractivity contribution in [2.45, 2.75) is 5.92 Å². The van der Waals surface area contributed by atoms with Gasteiger partial charge in [-0.25, -0.2) is 0 Å². The summed E-state index contributed by atoms with van der Waals surface area (Å²) < 4.78 is 22.6.